The third kappa shape index (κ3) is 4.13. The third-order valence-electron chi connectivity index (χ3n) is 2.36. The summed E-state index contributed by atoms with van der Waals surface area (Å²) in [6.45, 7) is 4.75. The molecule has 0 aliphatic heterocycles. The second-order valence-electron chi connectivity index (χ2n) is 4.42. The fraction of sp³-hybridized carbons (Fsp3) is 0.385. The van der Waals surface area contributed by atoms with Crippen molar-refractivity contribution in [2.75, 3.05) is 0 Å². The maximum absolute atomic E-state index is 11.5. The van der Waals surface area contributed by atoms with Crippen LogP contribution >= 0.6 is 11.6 Å². The topological polar surface area (TPSA) is 61.7 Å². The van der Waals surface area contributed by atoms with Crippen LogP contribution in [0.5, 0.6) is 0 Å². The zero-order chi connectivity index (χ0) is 13.8. The maximum atomic E-state index is 11.5. The van der Waals surface area contributed by atoms with Gasteiger partial charge in [0.2, 0.25) is 0 Å². The lowest BCUT2D eigenvalue weighted by Gasteiger charge is -2.14. The number of amides is 1. The molecule has 0 atom stereocenters. The van der Waals surface area contributed by atoms with E-state index in [2.05, 4.69) is 10.5 Å². The summed E-state index contributed by atoms with van der Waals surface area (Å²) in [6, 6.07) is 7.20. The Labute approximate surface area is 112 Å². The summed E-state index contributed by atoms with van der Waals surface area (Å²) in [5.74, 6) is -0.539. The van der Waals surface area contributed by atoms with E-state index in [4.69, 9.17) is 11.6 Å². The lowest BCUT2D eigenvalue weighted by atomic mass is 10.1. The summed E-state index contributed by atoms with van der Waals surface area (Å²) in [5, 5.41) is 14.2. The maximum Gasteiger partial charge on any atom is 0.271 e. The van der Waals surface area contributed by atoms with Crippen molar-refractivity contribution in [3.05, 3.63) is 34.9 Å². The fourth-order valence-electron chi connectivity index (χ4n) is 1.25. The molecule has 1 aromatic rings. The van der Waals surface area contributed by atoms with Gasteiger partial charge in [-0.2, -0.15) is 5.10 Å². The van der Waals surface area contributed by atoms with Gasteiger partial charge in [-0.15, -0.1) is 0 Å². The molecule has 0 radical (unpaired) electrons. The van der Waals surface area contributed by atoms with Crippen LogP contribution in [-0.2, 0) is 4.79 Å². The molecule has 18 heavy (non-hydrogen) atoms. The largest absolute Gasteiger partial charge is 0.381 e. The Hall–Kier alpha value is -1.39. The molecule has 1 rings (SSSR count). The van der Waals surface area contributed by atoms with Gasteiger partial charge >= 0.3 is 0 Å². The number of nitrogens with one attached hydrogen (secondary N) is 1. The van der Waals surface area contributed by atoms with Crippen molar-refractivity contribution in [1.29, 1.82) is 0 Å². The highest BCUT2D eigenvalue weighted by molar-refractivity contribution is 6.30. The highest BCUT2D eigenvalue weighted by atomic mass is 35.5. The Morgan fingerprint density at radius 3 is 2.39 bits per heavy atom. The smallest absolute Gasteiger partial charge is 0.271 e. The summed E-state index contributed by atoms with van der Waals surface area (Å²) in [4.78, 5) is 11.5. The molecule has 0 unspecified atom stereocenters. The molecule has 98 valence electrons. The number of hydrazone groups is 1. The Balaban J connectivity index is 2.84. The Kier molecular flexibility index (Phi) is 4.87. The highest BCUT2D eigenvalue weighted by Gasteiger charge is 2.23. The quantitative estimate of drug-likeness (QED) is 0.650. The normalized spacial score (nSPS) is 12.4. The average Bonchev–Trinajstić information content (AvgIpc) is 2.30. The number of hydrogen-bond acceptors (Lipinski definition) is 3. The van der Waals surface area contributed by atoms with Crippen molar-refractivity contribution in [2.24, 2.45) is 5.10 Å². The van der Waals surface area contributed by atoms with E-state index in [1.807, 2.05) is 19.1 Å². The summed E-state index contributed by atoms with van der Waals surface area (Å²) in [7, 11) is 0. The van der Waals surface area contributed by atoms with Crippen molar-refractivity contribution >= 4 is 23.2 Å². The van der Waals surface area contributed by atoms with Crippen molar-refractivity contribution < 1.29 is 9.90 Å². The van der Waals surface area contributed by atoms with Gasteiger partial charge in [0.05, 0.1) is 5.71 Å². The monoisotopic (exact) mass is 268 g/mol. The molecule has 0 saturated carbocycles. The van der Waals surface area contributed by atoms with Gasteiger partial charge in [0.1, 0.15) is 5.60 Å². The van der Waals surface area contributed by atoms with Crippen molar-refractivity contribution in [1.82, 2.24) is 5.43 Å². The first kappa shape index (κ1) is 14.7. The molecule has 0 aliphatic carbocycles. The van der Waals surface area contributed by atoms with E-state index in [0.717, 1.165) is 11.3 Å². The van der Waals surface area contributed by atoms with E-state index in [1.54, 1.807) is 12.1 Å². The fourth-order valence-corrected chi connectivity index (χ4v) is 1.37. The molecule has 1 aromatic carbocycles. The predicted octanol–water partition coefficient (Wildman–Crippen LogP) is 2.34. The number of nitrogens with zero attached hydrogens (tertiary/aromatic N) is 1. The standard InChI is InChI=1S/C13H17ClN2O2/c1-4-11(9-5-7-10(14)8-6-9)15-16-12(17)13(2,3)18/h5-8,18H,4H2,1-3H3,(H,16,17). The first-order valence-corrected chi connectivity index (χ1v) is 6.07. The lowest BCUT2D eigenvalue weighted by Crippen LogP contribution is -2.40. The SMILES string of the molecule is CCC(=NNC(=O)C(C)(C)O)c1ccc(Cl)cc1. The average molecular weight is 269 g/mol. The van der Waals surface area contributed by atoms with Gasteiger partial charge in [-0.25, -0.2) is 5.43 Å². The van der Waals surface area contributed by atoms with Crippen molar-refractivity contribution in [3.8, 4) is 0 Å². The molecule has 1 amide bonds. The predicted molar refractivity (Wildman–Crippen MR) is 72.7 cm³/mol. The van der Waals surface area contributed by atoms with Gasteiger partial charge in [0.15, 0.2) is 0 Å². The Morgan fingerprint density at radius 1 is 1.39 bits per heavy atom. The number of halogens is 1. The van der Waals surface area contributed by atoms with Crippen LogP contribution in [0.1, 0.15) is 32.8 Å². The van der Waals surface area contributed by atoms with Crippen LogP contribution in [0.25, 0.3) is 0 Å². The van der Waals surface area contributed by atoms with Crippen LogP contribution in [-0.4, -0.2) is 22.3 Å². The zero-order valence-electron chi connectivity index (χ0n) is 10.7. The van der Waals surface area contributed by atoms with Crippen molar-refractivity contribution in [3.63, 3.8) is 0 Å². The number of carbonyl (C=O) groups is 1. The molecule has 0 saturated heterocycles. The molecular weight excluding hydrogens is 252 g/mol. The minimum atomic E-state index is -1.44. The van der Waals surface area contributed by atoms with E-state index in [9.17, 15) is 9.90 Å². The van der Waals surface area contributed by atoms with E-state index in [0.29, 0.717) is 11.4 Å². The summed E-state index contributed by atoms with van der Waals surface area (Å²) in [5.41, 5.74) is 2.52. The van der Waals surface area contributed by atoms with Crippen LogP contribution < -0.4 is 5.43 Å². The third-order valence-corrected chi connectivity index (χ3v) is 2.61. The van der Waals surface area contributed by atoms with Crippen LogP contribution in [0, 0.1) is 0 Å². The van der Waals surface area contributed by atoms with Gasteiger partial charge < -0.3 is 5.11 Å². The number of aliphatic hydroxyl groups is 1. The number of benzene rings is 1. The van der Waals surface area contributed by atoms with E-state index in [1.165, 1.54) is 13.8 Å². The first-order valence-electron chi connectivity index (χ1n) is 5.70. The number of carbonyl (C=O) groups excluding carboxylic acids is 1. The molecule has 0 bridgehead atoms. The molecule has 0 spiro atoms. The van der Waals surface area contributed by atoms with Gasteiger partial charge in [0.25, 0.3) is 5.91 Å². The number of rotatable bonds is 4. The molecule has 0 fully saturated rings. The van der Waals surface area contributed by atoms with Crippen molar-refractivity contribution in [2.45, 2.75) is 32.8 Å². The second kappa shape index (κ2) is 5.98. The minimum Gasteiger partial charge on any atom is -0.381 e. The molecular formula is C13H17ClN2O2. The van der Waals surface area contributed by atoms with Crippen LogP contribution in [0.2, 0.25) is 5.02 Å². The second-order valence-corrected chi connectivity index (χ2v) is 4.86. The molecule has 2 N–H and O–H groups in total. The summed E-state index contributed by atoms with van der Waals surface area (Å²) in [6.07, 6.45) is 0.660. The summed E-state index contributed by atoms with van der Waals surface area (Å²) >= 11 is 5.80. The van der Waals surface area contributed by atoms with Crippen LogP contribution in [0.4, 0.5) is 0 Å². The number of hydrogen-bond donors (Lipinski definition) is 2. The van der Waals surface area contributed by atoms with Gasteiger partial charge in [-0.05, 0) is 38.0 Å². The summed E-state index contributed by atoms with van der Waals surface area (Å²) < 4.78 is 0. The molecule has 4 nitrogen and oxygen atoms in total. The Bertz CT molecular complexity index is 447. The minimum absolute atomic E-state index is 0.539. The highest BCUT2D eigenvalue weighted by Crippen LogP contribution is 2.11. The molecule has 5 heteroatoms. The molecule has 0 heterocycles. The molecule has 0 aromatic heterocycles. The van der Waals surface area contributed by atoms with Crippen LogP contribution in [0.3, 0.4) is 0 Å². The zero-order valence-corrected chi connectivity index (χ0v) is 11.5. The molecule has 0 aliphatic rings. The first-order chi connectivity index (χ1) is 8.34. The lowest BCUT2D eigenvalue weighted by molar-refractivity contribution is -0.136. The van der Waals surface area contributed by atoms with E-state index in [-0.39, 0.29) is 0 Å². The van der Waals surface area contributed by atoms with E-state index >= 15 is 0 Å². The van der Waals surface area contributed by atoms with Crippen LogP contribution in [0.15, 0.2) is 29.4 Å². The van der Waals surface area contributed by atoms with Gasteiger partial charge in [-0.3, -0.25) is 4.79 Å². The van der Waals surface area contributed by atoms with Gasteiger partial charge in [0, 0.05) is 5.02 Å². The van der Waals surface area contributed by atoms with Gasteiger partial charge in [-0.1, -0.05) is 30.7 Å². The Morgan fingerprint density at radius 2 is 1.94 bits per heavy atom. The van der Waals surface area contributed by atoms with E-state index < -0.39 is 11.5 Å².